The molecule has 0 aromatic carbocycles. The van der Waals surface area contributed by atoms with Gasteiger partial charge in [0.2, 0.25) is 5.95 Å². The minimum Gasteiger partial charge on any atom is -0.321 e. The first-order valence-corrected chi connectivity index (χ1v) is 7.74. The molecule has 0 aliphatic carbocycles. The second kappa shape index (κ2) is 5.21. The van der Waals surface area contributed by atoms with E-state index >= 15 is 0 Å². The van der Waals surface area contributed by atoms with Gasteiger partial charge in [-0.25, -0.2) is 9.97 Å². The maximum absolute atomic E-state index is 4.74. The van der Waals surface area contributed by atoms with Crippen LogP contribution in [0.15, 0.2) is 24.7 Å². The third kappa shape index (κ3) is 2.50. The number of fused-ring (bicyclic) bond motifs is 2. The lowest BCUT2D eigenvalue weighted by Gasteiger charge is -2.22. The Morgan fingerprint density at radius 3 is 3.00 bits per heavy atom. The van der Waals surface area contributed by atoms with E-state index in [1.165, 1.54) is 18.4 Å². The molecule has 6 heteroatoms. The Labute approximate surface area is 129 Å². The molecular weight excluding hydrogens is 276 g/mol. The van der Waals surface area contributed by atoms with Crippen LogP contribution in [0, 0.1) is 6.92 Å². The van der Waals surface area contributed by atoms with Gasteiger partial charge in [-0.2, -0.15) is 5.10 Å². The molecule has 0 spiro atoms. The van der Waals surface area contributed by atoms with Gasteiger partial charge in [-0.05, 0) is 37.3 Å². The molecule has 2 bridgehead atoms. The minimum atomic E-state index is 0.512. The van der Waals surface area contributed by atoms with Crippen LogP contribution in [0.2, 0.25) is 0 Å². The first-order valence-electron chi connectivity index (χ1n) is 7.74. The third-order valence-electron chi connectivity index (χ3n) is 4.38. The van der Waals surface area contributed by atoms with Gasteiger partial charge in [0.25, 0.3) is 0 Å². The highest BCUT2D eigenvalue weighted by Gasteiger charge is 2.29. The molecule has 1 fully saturated rings. The van der Waals surface area contributed by atoms with E-state index in [1.54, 1.807) is 10.9 Å². The highest BCUT2D eigenvalue weighted by atomic mass is 15.3. The highest BCUT2D eigenvalue weighted by Crippen LogP contribution is 2.32. The van der Waals surface area contributed by atoms with Crippen LogP contribution in [0.3, 0.4) is 0 Å². The molecule has 0 saturated carbocycles. The van der Waals surface area contributed by atoms with Gasteiger partial charge in [-0.15, -0.1) is 0 Å². The van der Waals surface area contributed by atoms with Crippen molar-refractivity contribution in [3.05, 3.63) is 35.9 Å². The summed E-state index contributed by atoms with van der Waals surface area (Å²) >= 11 is 0. The minimum absolute atomic E-state index is 0.512. The molecular formula is C16H20N6. The molecule has 2 N–H and O–H groups in total. The SMILES string of the molecule is Cc1cnc(Nc2cnn(C)c2)nc1C1=CC2CCC(C1)N2. The van der Waals surface area contributed by atoms with Gasteiger partial charge in [-0.1, -0.05) is 6.08 Å². The molecule has 2 aromatic heterocycles. The number of hydrogen-bond acceptors (Lipinski definition) is 5. The monoisotopic (exact) mass is 296 g/mol. The molecule has 4 heterocycles. The van der Waals surface area contributed by atoms with Crippen molar-refractivity contribution in [2.24, 2.45) is 7.05 Å². The van der Waals surface area contributed by atoms with Gasteiger partial charge < -0.3 is 10.6 Å². The van der Waals surface area contributed by atoms with Crippen molar-refractivity contribution in [1.29, 1.82) is 0 Å². The summed E-state index contributed by atoms with van der Waals surface area (Å²) in [5.41, 5.74) is 4.45. The number of nitrogens with one attached hydrogen (secondary N) is 2. The summed E-state index contributed by atoms with van der Waals surface area (Å²) in [6.07, 6.45) is 11.5. The zero-order valence-corrected chi connectivity index (χ0v) is 12.9. The summed E-state index contributed by atoms with van der Waals surface area (Å²) in [6.45, 7) is 2.08. The number of anilines is 2. The standard InChI is InChI=1S/C16H20N6/c1-10-7-17-16(20-14-8-18-22(2)9-14)21-15(10)11-5-12-3-4-13(6-11)19-12/h5,7-9,12-13,19H,3-4,6H2,1-2H3,(H,17,20,21). The topological polar surface area (TPSA) is 67.7 Å². The van der Waals surface area contributed by atoms with Crippen molar-refractivity contribution in [2.75, 3.05) is 5.32 Å². The molecule has 4 rings (SSSR count). The van der Waals surface area contributed by atoms with Crippen molar-refractivity contribution in [3.63, 3.8) is 0 Å². The Balaban J connectivity index is 1.63. The van der Waals surface area contributed by atoms with Crippen LogP contribution in [-0.4, -0.2) is 31.8 Å². The zero-order valence-electron chi connectivity index (χ0n) is 12.9. The molecule has 2 unspecified atom stereocenters. The van der Waals surface area contributed by atoms with E-state index < -0.39 is 0 Å². The fourth-order valence-corrected chi connectivity index (χ4v) is 3.34. The predicted molar refractivity (Wildman–Crippen MR) is 85.8 cm³/mol. The van der Waals surface area contributed by atoms with Crippen LogP contribution in [0.25, 0.3) is 5.57 Å². The van der Waals surface area contributed by atoms with Crippen LogP contribution in [0.5, 0.6) is 0 Å². The van der Waals surface area contributed by atoms with E-state index in [0.717, 1.165) is 23.4 Å². The number of hydrogen-bond donors (Lipinski definition) is 2. The second-order valence-corrected chi connectivity index (χ2v) is 6.20. The molecule has 2 atom stereocenters. The lowest BCUT2D eigenvalue weighted by molar-refractivity contribution is 0.574. The number of rotatable bonds is 3. The second-order valence-electron chi connectivity index (χ2n) is 6.20. The summed E-state index contributed by atoms with van der Waals surface area (Å²) in [6, 6.07) is 1.12. The summed E-state index contributed by atoms with van der Waals surface area (Å²) in [5, 5.41) is 11.0. The fraction of sp³-hybridized carbons (Fsp3) is 0.438. The van der Waals surface area contributed by atoms with E-state index in [0.29, 0.717) is 18.0 Å². The first-order chi connectivity index (χ1) is 10.7. The normalized spacial score (nSPS) is 23.5. The largest absolute Gasteiger partial charge is 0.321 e. The van der Waals surface area contributed by atoms with Crippen LogP contribution in [0.1, 0.15) is 30.5 Å². The molecule has 1 saturated heterocycles. The molecule has 0 radical (unpaired) electrons. The Morgan fingerprint density at radius 2 is 2.23 bits per heavy atom. The van der Waals surface area contributed by atoms with Crippen molar-refractivity contribution in [3.8, 4) is 0 Å². The van der Waals surface area contributed by atoms with Gasteiger partial charge in [0.1, 0.15) is 0 Å². The average molecular weight is 296 g/mol. The maximum Gasteiger partial charge on any atom is 0.227 e. The van der Waals surface area contributed by atoms with E-state index in [-0.39, 0.29) is 0 Å². The summed E-state index contributed by atoms with van der Waals surface area (Å²) < 4.78 is 1.75. The van der Waals surface area contributed by atoms with Crippen molar-refractivity contribution < 1.29 is 0 Å². The van der Waals surface area contributed by atoms with Crippen LogP contribution in [0.4, 0.5) is 11.6 Å². The average Bonchev–Trinajstić information content (AvgIpc) is 3.06. The molecule has 2 aromatic rings. The van der Waals surface area contributed by atoms with Crippen molar-refractivity contribution in [2.45, 2.75) is 38.3 Å². The van der Waals surface area contributed by atoms with Crippen LogP contribution in [-0.2, 0) is 7.05 Å². The lowest BCUT2D eigenvalue weighted by atomic mass is 9.98. The Bertz CT molecular complexity index is 732. The van der Waals surface area contributed by atoms with E-state index in [9.17, 15) is 0 Å². The Hall–Kier alpha value is -2.21. The molecule has 0 amide bonds. The number of nitrogens with zero attached hydrogens (tertiary/aromatic N) is 4. The first kappa shape index (κ1) is 13.5. The van der Waals surface area contributed by atoms with E-state index in [4.69, 9.17) is 4.98 Å². The van der Waals surface area contributed by atoms with E-state index in [1.807, 2.05) is 19.4 Å². The van der Waals surface area contributed by atoms with Crippen LogP contribution < -0.4 is 10.6 Å². The maximum atomic E-state index is 4.74. The highest BCUT2D eigenvalue weighted by molar-refractivity contribution is 5.68. The smallest absolute Gasteiger partial charge is 0.227 e. The van der Waals surface area contributed by atoms with Gasteiger partial charge in [0, 0.05) is 31.5 Å². The summed E-state index contributed by atoms with van der Waals surface area (Å²) in [5.74, 6) is 0.625. The number of aromatic nitrogens is 4. The zero-order chi connectivity index (χ0) is 15.1. The number of aryl methyl sites for hydroxylation is 2. The quantitative estimate of drug-likeness (QED) is 0.908. The van der Waals surface area contributed by atoms with Crippen molar-refractivity contribution >= 4 is 17.2 Å². The van der Waals surface area contributed by atoms with E-state index in [2.05, 4.69) is 33.7 Å². The molecule has 2 aliphatic rings. The van der Waals surface area contributed by atoms with Gasteiger partial charge in [0.15, 0.2) is 0 Å². The van der Waals surface area contributed by atoms with Gasteiger partial charge in [0.05, 0.1) is 17.6 Å². The van der Waals surface area contributed by atoms with Crippen molar-refractivity contribution in [1.82, 2.24) is 25.1 Å². The predicted octanol–water partition coefficient (Wildman–Crippen LogP) is 2.17. The summed E-state index contributed by atoms with van der Waals surface area (Å²) in [7, 11) is 1.89. The molecule has 6 nitrogen and oxygen atoms in total. The summed E-state index contributed by atoms with van der Waals surface area (Å²) in [4.78, 5) is 9.13. The lowest BCUT2D eigenvalue weighted by Crippen LogP contribution is -2.32. The molecule has 2 aliphatic heterocycles. The fourth-order valence-electron chi connectivity index (χ4n) is 3.34. The third-order valence-corrected chi connectivity index (χ3v) is 4.38. The molecule has 114 valence electrons. The Kier molecular flexibility index (Phi) is 3.18. The van der Waals surface area contributed by atoms with Gasteiger partial charge >= 0.3 is 0 Å². The molecule has 22 heavy (non-hydrogen) atoms. The van der Waals surface area contributed by atoms with Crippen LogP contribution >= 0.6 is 0 Å². The Morgan fingerprint density at radius 1 is 1.32 bits per heavy atom. The van der Waals surface area contributed by atoms with Gasteiger partial charge in [-0.3, -0.25) is 4.68 Å².